The average Bonchev–Trinajstić information content (AvgIpc) is 3.35. The molecule has 1 saturated heterocycles. The molecule has 170 valence electrons. The summed E-state index contributed by atoms with van der Waals surface area (Å²) < 4.78 is 29.0. The van der Waals surface area contributed by atoms with Crippen LogP contribution in [0.15, 0.2) is 72.8 Å². The molecule has 3 aromatic rings. The highest BCUT2D eigenvalue weighted by Gasteiger charge is 2.19. The zero-order chi connectivity index (χ0) is 23.2. The molecule has 0 saturated carbocycles. The number of anilines is 3. The molecule has 1 aliphatic rings. The number of likely N-dealkylation sites (tertiary alicyclic amines) is 1. The number of halogens is 2. The van der Waals surface area contributed by atoms with Crippen molar-refractivity contribution in [1.29, 1.82) is 0 Å². The van der Waals surface area contributed by atoms with E-state index in [1.165, 1.54) is 12.1 Å². The van der Waals surface area contributed by atoms with Crippen molar-refractivity contribution >= 4 is 28.9 Å². The predicted octanol–water partition coefficient (Wildman–Crippen LogP) is 5.52. The Morgan fingerprint density at radius 2 is 1.48 bits per heavy atom. The SMILES string of the molecule is O=C(Nc1ccc(C(=O)N2CCCC2)cc1)c1ccccc1Nc1ccc(OC(F)F)cc1. The van der Waals surface area contributed by atoms with Gasteiger partial charge in [0, 0.05) is 30.0 Å². The fraction of sp³-hybridized carbons (Fsp3) is 0.200. The van der Waals surface area contributed by atoms with Crippen LogP contribution in [0.3, 0.4) is 0 Å². The first-order valence-corrected chi connectivity index (χ1v) is 10.6. The summed E-state index contributed by atoms with van der Waals surface area (Å²) >= 11 is 0. The van der Waals surface area contributed by atoms with Gasteiger partial charge in [-0.15, -0.1) is 0 Å². The van der Waals surface area contributed by atoms with Crippen molar-refractivity contribution in [2.45, 2.75) is 19.5 Å². The number of rotatable bonds is 7. The third-order valence-electron chi connectivity index (χ3n) is 5.31. The summed E-state index contributed by atoms with van der Waals surface area (Å²) in [6.45, 7) is -1.33. The molecule has 0 aromatic heterocycles. The standard InChI is InChI=1S/C25H23F2N3O3/c26-25(27)33-20-13-11-18(12-14-20)28-22-6-2-1-5-21(22)23(31)29-19-9-7-17(8-10-19)24(32)30-15-3-4-16-30/h1-2,5-14,25,28H,3-4,15-16H2,(H,29,31). The quantitative estimate of drug-likeness (QED) is 0.496. The van der Waals surface area contributed by atoms with Crippen LogP contribution in [0.4, 0.5) is 25.8 Å². The van der Waals surface area contributed by atoms with E-state index in [-0.39, 0.29) is 17.6 Å². The van der Waals surface area contributed by atoms with Crippen LogP contribution in [0.1, 0.15) is 33.6 Å². The first-order valence-electron chi connectivity index (χ1n) is 10.6. The fourth-order valence-corrected chi connectivity index (χ4v) is 3.66. The van der Waals surface area contributed by atoms with Gasteiger partial charge in [0.2, 0.25) is 0 Å². The molecule has 8 heteroatoms. The summed E-state index contributed by atoms with van der Waals surface area (Å²) in [5, 5.41) is 5.96. The Morgan fingerprint density at radius 1 is 0.848 bits per heavy atom. The number of nitrogens with zero attached hydrogens (tertiary/aromatic N) is 1. The number of hydrogen-bond donors (Lipinski definition) is 2. The second-order valence-corrected chi connectivity index (χ2v) is 7.60. The van der Waals surface area contributed by atoms with Crippen LogP contribution < -0.4 is 15.4 Å². The summed E-state index contributed by atoms with van der Waals surface area (Å²) in [4.78, 5) is 27.2. The fourth-order valence-electron chi connectivity index (χ4n) is 3.66. The van der Waals surface area contributed by atoms with Crippen molar-refractivity contribution in [3.8, 4) is 5.75 Å². The molecule has 0 unspecified atom stereocenters. The second kappa shape index (κ2) is 10.1. The van der Waals surface area contributed by atoms with Crippen LogP contribution in [0, 0.1) is 0 Å². The van der Waals surface area contributed by atoms with Gasteiger partial charge in [-0.25, -0.2) is 0 Å². The van der Waals surface area contributed by atoms with Gasteiger partial charge in [0.1, 0.15) is 5.75 Å². The minimum Gasteiger partial charge on any atom is -0.435 e. The lowest BCUT2D eigenvalue weighted by atomic mass is 10.1. The van der Waals surface area contributed by atoms with Crippen LogP contribution in [0.5, 0.6) is 5.75 Å². The molecule has 0 atom stereocenters. The maximum atomic E-state index is 12.9. The Balaban J connectivity index is 1.43. The van der Waals surface area contributed by atoms with E-state index in [0.717, 1.165) is 25.9 Å². The Morgan fingerprint density at radius 3 is 2.15 bits per heavy atom. The lowest BCUT2D eigenvalue weighted by molar-refractivity contribution is -0.0498. The minimum atomic E-state index is -2.89. The van der Waals surface area contributed by atoms with Crippen LogP contribution in [-0.4, -0.2) is 36.4 Å². The van der Waals surface area contributed by atoms with Crippen LogP contribution in [0.25, 0.3) is 0 Å². The van der Waals surface area contributed by atoms with E-state index in [1.54, 1.807) is 60.7 Å². The minimum absolute atomic E-state index is 0.00453. The Labute approximate surface area is 190 Å². The number of nitrogens with one attached hydrogen (secondary N) is 2. The molecule has 0 bridgehead atoms. The van der Waals surface area contributed by atoms with Crippen molar-refractivity contribution in [3.63, 3.8) is 0 Å². The molecular formula is C25H23F2N3O3. The zero-order valence-electron chi connectivity index (χ0n) is 17.8. The van der Waals surface area contributed by atoms with Gasteiger partial charge in [0.05, 0.1) is 11.3 Å². The summed E-state index contributed by atoms with van der Waals surface area (Å²) in [6, 6.07) is 19.8. The lowest BCUT2D eigenvalue weighted by Gasteiger charge is -2.16. The third-order valence-corrected chi connectivity index (χ3v) is 5.31. The molecule has 2 amide bonds. The largest absolute Gasteiger partial charge is 0.435 e. The van der Waals surface area contributed by atoms with Crippen molar-refractivity contribution in [2.75, 3.05) is 23.7 Å². The van der Waals surface area contributed by atoms with Crippen LogP contribution in [-0.2, 0) is 0 Å². The maximum Gasteiger partial charge on any atom is 0.387 e. The molecule has 2 N–H and O–H groups in total. The molecule has 0 spiro atoms. The lowest BCUT2D eigenvalue weighted by Crippen LogP contribution is -2.27. The first-order chi connectivity index (χ1) is 16.0. The number of hydrogen-bond acceptors (Lipinski definition) is 4. The Hall–Kier alpha value is -3.94. The highest BCUT2D eigenvalue weighted by atomic mass is 19.3. The normalized spacial score (nSPS) is 13.1. The number of ether oxygens (including phenoxy) is 1. The van der Waals surface area contributed by atoms with E-state index in [9.17, 15) is 18.4 Å². The van der Waals surface area contributed by atoms with E-state index >= 15 is 0 Å². The molecule has 0 radical (unpaired) electrons. The molecule has 1 fully saturated rings. The van der Waals surface area contributed by atoms with Crippen LogP contribution >= 0.6 is 0 Å². The molecule has 6 nitrogen and oxygen atoms in total. The zero-order valence-corrected chi connectivity index (χ0v) is 17.8. The topological polar surface area (TPSA) is 70.7 Å². The number of carbonyl (C=O) groups is 2. The van der Waals surface area contributed by atoms with Gasteiger partial charge in [-0.05, 0) is 73.5 Å². The summed E-state index contributed by atoms with van der Waals surface area (Å²) in [5.41, 5.74) is 2.74. The van der Waals surface area contributed by atoms with Gasteiger partial charge >= 0.3 is 6.61 Å². The number of benzene rings is 3. The first kappa shape index (κ1) is 22.3. The molecule has 1 heterocycles. The molecule has 0 aliphatic carbocycles. The maximum absolute atomic E-state index is 12.9. The monoisotopic (exact) mass is 451 g/mol. The number of alkyl halides is 2. The summed E-state index contributed by atoms with van der Waals surface area (Å²) in [6.07, 6.45) is 2.06. The Bertz CT molecular complexity index is 1110. The van der Waals surface area contributed by atoms with Gasteiger partial charge < -0.3 is 20.3 Å². The van der Waals surface area contributed by atoms with Crippen LogP contribution in [0.2, 0.25) is 0 Å². The van der Waals surface area contributed by atoms with Gasteiger partial charge in [-0.3, -0.25) is 9.59 Å². The van der Waals surface area contributed by atoms with Gasteiger partial charge in [-0.2, -0.15) is 8.78 Å². The molecule has 33 heavy (non-hydrogen) atoms. The highest BCUT2D eigenvalue weighted by molar-refractivity contribution is 6.08. The number of para-hydroxylation sites is 1. The Kier molecular flexibility index (Phi) is 6.83. The number of carbonyl (C=O) groups excluding carboxylic acids is 2. The number of amides is 2. The van der Waals surface area contributed by atoms with Crippen molar-refractivity contribution < 1.29 is 23.1 Å². The van der Waals surface area contributed by atoms with E-state index < -0.39 is 6.61 Å². The summed E-state index contributed by atoms with van der Waals surface area (Å²) in [7, 11) is 0. The van der Waals surface area contributed by atoms with E-state index in [2.05, 4.69) is 15.4 Å². The van der Waals surface area contributed by atoms with E-state index in [1.807, 2.05) is 4.90 Å². The third kappa shape index (κ3) is 5.65. The van der Waals surface area contributed by atoms with Crippen molar-refractivity contribution in [1.82, 2.24) is 4.90 Å². The van der Waals surface area contributed by atoms with Gasteiger partial charge in [0.25, 0.3) is 11.8 Å². The molecule has 4 rings (SSSR count). The average molecular weight is 451 g/mol. The van der Waals surface area contributed by atoms with Crippen molar-refractivity contribution in [2.24, 2.45) is 0 Å². The summed E-state index contributed by atoms with van der Waals surface area (Å²) in [5.74, 6) is -0.271. The highest BCUT2D eigenvalue weighted by Crippen LogP contribution is 2.25. The molecular weight excluding hydrogens is 428 g/mol. The van der Waals surface area contributed by atoms with E-state index in [4.69, 9.17) is 0 Å². The molecule has 1 aliphatic heterocycles. The van der Waals surface area contributed by atoms with Crippen molar-refractivity contribution in [3.05, 3.63) is 83.9 Å². The van der Waals surface area contributed by atoms with Gasteiger partial charge in [-0.1, -0.05) is 12.1 Å². The molecule has 3 aromatic carbocycles. The van der Waals surface area contributed by atoms with Gasteiger partial charge in [0.15, 0.2) is 0 Å². The predicted molar refractivity (Wildman–Crippen MR) is 122 cm³/mol. The van der Waals surface area contributed by atoms with E-state index in [0.29, 0.717) is 28.2 Å². The smallest absolute Gasteiger partial charge is 0.387 e. The second-order valence-electron chi connectivity index (χ2n) is 7.60.